The number of hydrogen-bond donors (Lipinski definition) is 1. The molecule has 4 rings (SSSR count). The standard InChI is InChI=1S/C30H36N4O6S/c1-5-39-30(35)26-20(2)31-29-28(27(26)21-10-6-11-22(18-21)34(36)37)25(32-41-29)14-8-15-33(3)16-9-17-40-24-13-7-12-23(19-24)38-4/h6-7,10-13,18-19,27,31H,5,8-9,14-17H2,1-4H3. The molecule has 0 bridgehead atoms. The van der Waals surface area contributed by atoms with Crippen LogP contribution in [-0.2, 0) is 16.0 Å². The number of fused-ring (bicyclic) bond motifs is 1. The lowest BCUT2D eigenvalue weighted by Gasteiger charge is -2.28. The van der Waals surface area contributed by atoms with Crippen molar-refractivity contribution >= 4 is 28.2 Å². The van der Waals surface area contributed by atoms with Crippen LogP contribution in [0.2, 0.25) is 0 Å². The first-order valence-corrected chi connectivity index (χ1v) is 14.4. The van der Waals surface area contributed by atoms with Crippen molar-refractivity contribution in [3.8, 4) is 11.5 Å². The highest BCUT2D eigenvalue weighted by atomic mass is 32.1. The van der Waals surface area contributed by atoms with Gasteiger partial charge in [-0.15, -0.1) is 0 Å². The second-order valence-electron chi connectivity index (χ2n) is 9.83. The fourth-order valence-corrected chi connectivity index (χ4v) is 5.90. The van der Waals surface area contributed by atoms with E-state index in [2.05, 4.69) is 17.3 Å². The zero-order valence-electron chi connectivity index (χ0n) is 23.8. The topological polar surface area (TPSA) is 116 Å². The lowest BCUT2D eigenvalue weighted by molar-refractivity contribution is -0.384. The van der Waals surface area contributed by atoms with Gasteiger partial charge in [-0.3, -0.25) is 10.1 Å². The molecule has 1 unspecified atom stereocenters. The monoisotopic (exact) mass is 580 g/mol. The third-order valence-corrected chi connectivity index (χ3v) is 7.76. The van der Waals surface area contributed by atoms with E-state index in [9.17, 15) is 14.9 Å². The maximum Gasteiger partial charge on any atom is 0.336 e. The van der Waals surface area contributed by atoms with E-state index in [0.717, 1.165) is 53.7 Å². The van der Waals surface area contributed by atoms with Crippen molar-refractivity contribution in [1.82, 2.24) is 9.27 Å². The Labute approximate surface area is 244 Å². The van der Waals surface area contributed by atoms with E-state index < -0.39 is 16.8 Å². The number of nitrogens with one attached hydrogen (secondary N) is 1. The molecule has 0 radical (unpaired) electrons. The quantitative estimate of drug-likeness (QED) is 0.109. The van der Waals surface area contributed by atoms with Crippen LogP contribution in [0.1, 0.15) is 49.4 Å². The van der Waals surface area contributed by atoms with E-state index in [1.54, 1.807) is 20.1 Å². The number of ether oxygens (including phenoxy) is 3. The van der Waals surface area contributed by atoms with Crippen LogP contribution in [-0.4, -0.2) is 60.6 Å². The third-order valence-electron chi connectivity index (χ3n) is 6.94. The van der Waals surface area contributed by atoms with Crippen molar-refractivity contribution in [2.75, 3.05) is 45.8 Å². The van der Waals surface area contributed by atoms with E-state index >= 15 is 0 Å². The van der Waals surface area contributed by atoms with Gasteiger partial charge in [0.2, 0.25) is 0 Å². The minimum atomic E-state index is -0.509. The molecule has 1 aliphatic heterocycles. The van der Waals surface area contributed by atoms with Crippen LogP contribution in [0.3, 0.4) is 0 Å². The molecule has 11 heteroatoms. The first kappa shape index (κ1) is 30.0. The number of allylic oxidation sites excluding steroid dienone is 1. The van der Waals surface area contributed by atoms with Gasteiger partial charge >= 0.3 is 5.97 Å². The predicted octanol–water partition coefficient (Wildman–Crippen LogP) is 5.79. The SMILES string of the molecule is CCOC(=O)C1=C(C)Nc2snc(CCCN(C)CCCOc3cccc(OC)c3)c2C1c1cccc([N+](=O)[O-])c1. The van der Waals surface area contributed by atoms with Crippen LogP contribution in [0.25, 0.3) is 0 Å². The van der Waals surface area contributed by atoms with Gasteiger partial charge in [-0.1, -0.05) is 18.2 Å². The highest BCUT2D eigenvalue weighted by molar-refractivity contribution is 7.10. The molecular formula is C30H36N4O6S. The summed E-state index contributed by atoms with van der Waals surface area (Å²) in [6.07, 6.45) is 2.45. The van der Waals surface area contributed by atoms with Crippen molar-refractivity contribution in [1.29, 1.82) is 0 Å². The summed E-state index contributed by atoms with van der Waals surface area (Å²) in [6, 6.07) is 14.0. The second kappa shape index (κ2) is 14.1. The molecule has 41 heavy (non-hydrogen) atoms. The number of rotatable bonds is 14. The van der Waals surface area contributed by atoms with E-state index in [4.69, 9.17) is 18.6 Å². The van der Waals surface area contributed by atoms with Crippen molar-refractivity contribution in [2.24, 2.45) is 0 Å². The molecule has 0 fully saturated rings. The first-order valence-electron chi connectivity index (χ1n) is 13.7. The number of carbonyl (C=O) groups is 1. The summed E-state index contributed by atoms with van der Waals surface area (Å²) in [7, 11) is 3.72. The molecule has 1 aliphatic rings. The number of nitrogens with zero attached hydrogens (tertiary/aromatic N) is 3. The molecular weight excluding hydrogens is 544 g/mol. The van der Waals surface area contributed by atoms with E-state index in [1.165, 1.54) is 23.7 Å². The van der Waals surface area contributed by atoms with Crippen LogP contribution in [0.4, 0.5) is 10.7 Å². The van der Waals surface area contributed by atoms with Crippen LogP contribution in [0.15, 0.2) is 59.8 Å². The van der Waals surface area contributed by atoms with Crippen molar-refractivity contribution in [3.63, 3.8) is 0 Å². The van der Waals surface area contributed by atoms with Crippen LogP contribution >= 0.6 is 11.5 Å². The smallest absolute Gasteiger partial charge is 0.336 e. The summed E-state index contributed by atoms with van der Waals surface area (Å²) < 4.78 is 21.2. The summed E-state index contributed by atoms with van der Waals surface area (Å²) >= 11 is 1.35. The van der Waals surface area contributed by atoms with E-state index in [0.29, 0.717) is 29.9 Å². The van der Waals surface area contributed by atoms with Gasteiger partial charge < -0.3 is 24.4 Å². The minimum absolute atomic E-state index is 0.0230. The molecule has 0 saturated carbocycles. The Morgan fingerprint density at radius 3 is 2.66 bits per heavy atom. The van der Waals surface area contributed by atoms with Crippen molar-refractivity contribution in [2.45, 2.75) is 39.0 Å². The van der Waals surface area contributed by atoms with Gasteiger partial charge in [0, 0.05) is 41.9 Å². The number of aromatic nitrogens is 1. The number of hydrogen-bond acceptors (Lipinski definition) is 10. The lowest BCUT2D eigenvalue weighted by Crippen LogP contribution is -2.25. The zero-order chi connectivity index (χ0) is 29.4. The molecule has 0 spiro atoms. The van der Waals surface area contributed by atoms with Gasteiger partial charge in [0.15, 0.2) is 0 Å². The Hall–Kier alpha value is -3.96. The Balaban J connectivity index is 1.43. The molecule has 3 aromatic rings. The molecule has 0 aliphatic carbocycles. The number of nitro groups is 1. The predicted molar refractivity (Wildman–Crippen MR) is 159 cm³/mol. The molecule has 2 aromatic carbocycles. The van der Waals surface area contributed by atoms with Crippen LogP contribution in [0.5, 0.6) is 11.5 Å². The number of anilines is 1. The van der Waals surface area contributed by atoms with Gasteiger partial charge in [-0.25, -0.2) is 4.79 Å². The molecule has 2 heterocycles. The third kappa shape index (κ3) is 7.42. The van der Waals surface area contributed by atoms with E-state index in [1.807, 2.05) is 37.3 Å². The number of nitro benzene ring substituents is 1. The second-order valence-corrected chi connectivity index (χ2v) is 10.6. The Morgan fingerprint density at radius 1 is 1.15 bits per heavy atom. The summed E-state index contributed by atoms with van der Waals surface area (Å²) in [4.78, 5) is 26.5. The minimum Gasteiger partial charge on any atom is -0.497 e. The lowest BCUT2D eigenvalue weighted by atomic mass is 9.81. The summed E-state index contributed by atoms with van der Waals surface area (Å²) in [5.41, 5.74) is 3.54. The molecule has 1 aromatic heterocycles. The summed E-state index contributed by atoms with van der Waals surface area (Å²) in [5.74, 6) is 0.614. The van der Waals surface area contributed by atoms with Crippen molar-refractivity contribution < 1.29 is 23.9 Å². The summed E-state index contributed by atoms with van der Waals surface area (Å²) in [5, 5.41) is 15.7. The average Bonchev–Trinajstić information content (AvgIpc) is 3.36. The normalized spacial score (nSPS) is 14.4. The number of carbonyl (C=O) groups excluding carboxylic acids is 1. The highest BCUT2D eigenvalue weighted by Crippen LogP contribution is 2.46. The van der Waals surface area contributed by atoms with Gasteiger partial charge in [-0.2, -0.15) is 4.37 Å². The number of methoxy groups -OCH3 is 1. The number of aryl methyl sites for hydroxylation is 1. The van der Waals surface area contributed by atoms with E-state index in [-0.39, 0.29) is 12.3 Å². The van der Waals surface area contributed by atoms with Gasteiger partial charge in [0.05, 0.1) is 36.5 Å². The van der Waals surface area contributed by atoms with Crippen molar-refractivity contribution in [3.05, 3.63) is 86.7 Å². The molecule has 1 atom stereocenters. The van der Waals surface area contributed by atoms with Crippen LogP contribution < -0.4 is 14.8 Å². The molecule has 1 N–H and O–H groups in total. The Kier molecular flexibility index (Phi) is 10.3. The Morgan fingerprint density at radius 2 is 1.90 bits per heavy atom. The maximum absolute atomic E-state index is 13.1. The zero-order valence-corrected chi connectivity index (χ0v) is 24.7. The Bertz CT molecular complexity index is 1410. The van der Waals surface area contributed by atoms with Crippen LogP contribution in [0, 0.1) is 10.1 Å². The average molecular weight is 581 g/mol. The molecule has 0 saturated heterocycles. The molecule has 218 valence electrons. The van der Waals surface area contributed by atoms with Gasteiger partial charge in [-0.05, 0) is 75.9 Å². The number of esters is 1. The fourth-order valence-electron chi connectivity index (χ4n) is 4.97. The maximum atomic E-state index is 13.1. The van der Waals surface area contributed by atoms with Gasteiger partial charge in [0.1, 0.15) is 16.5 Å². The largest absolute Gasteiger partial charge is 0.497 e. The molecule has 10 nitrogen and oxygen atoms in total. The number of benzene rings is 2. The highest BCUT2D eigenvalue weighted by Gasteiger charge is 2.37. The fraction of sp³-hybridized carbons (Fsp3) is 0.400. The number of non-ortho nitro benzene ring substituents is 1. The van der Waals surface area contributed by atoms with Gasteiger partial charge in [0.25, 0.3) is 5.69 Å². The summed E-state index contributed by atoms with van der Waals surface area (Å²) in [6.45, 7) is 6.17. The molecule has 0 amide bonds. The first-order chi connectivity index (χ1) is 19.8.